The molecule has 1 amide bonds. The van der Waals surface area contributed by atoms with E-state index >= 15 is 0 Å². The molecule has 1 aromatic carbocycles. The second-order valence-corrected chi connectivity index (χ2v) is 5.03. The van der Waals surface area contributed by atoms with Crippen LogP contribution < -0.4 is 4.74 Å². The van der Waals surface area contributed by atoms with Gasteiger partial charge in [-0.15, -0.1) is 0 Å². The molecule has 5 nitrogen and oxygen atoms in total. The molecule has 20 heavy (non-hydrogen) atoms. The van der Waals surface area contributed by atoms with Crippen LogP contribution in [0, 0.1) is 5.92 Å². The zero-order valence-corrected chi connectivity index (χ0v) is 11.5. The van der Waals surface area contributed by atoms with Gasteiger partial charge in [-0.25, -0.2) is 0 Å². The number of nitrogens with zero attached hydrogens (tertiary/aromatic N) is 1. The predicted octanol–water partition coefficient (Wildman–Crippen LogP) is 1.78. The molecule has 1 N–H and O–H groups in total. The Labute approximate surface area is 118 Å². The van der Waals surface area contributed by atoms with E-state index in [1.165, 1.54) is 0 Å². The lowest BCUT2D eigenvalue weighted by Crippen LogP contribution is -2.47. The van der Waals surface area contributed by atoms with E-state index in [0.717, 1.165) is 6.42 Å². The molecule has 1 unspecified atom stereocenters. The summed E-state index contributed by atoms with van der Waals surface area (Å²) < 4.78 is 5.59. The van der Waals surface area contributed by atoms with Crippen LogP contribution in [0.15, 0.2) is 30.3 Å². The van der Waals surface area contributed by atoms with Crippen molar-refractivity contribution in [3.05, 3.63) is 30.3 Å². The van der Waals surface area contributed by atoms with Gasteiger partial charge < -0.3 is 14.7 Å². The number of benzene rings is 1. The van der Waals surface area contributed by atoms with E-state index in [1.54, 1.807) is 24.0 Å². The maximum atomic E-state index is 12.3. The molecule has 2 rings (SSSR count). The number of carboxylic acids is 1. The van der Waals surface area contributed by atoms with Crippen molar-refractivity contribution in [3.63, 3.8) is 0 Å². The van der Waals surface area contributed by atoms with Crippen LogP contribution in [-0.2, 0) is 9.59 Å². The molecule has 108 valence electrons. The third-order valence-corrected chi connectivity index (χ3v) is 3.49. The number of piperidine rings is 1. The van der Waals surface area contributed by atoms with Crippen molar-refractivity contribution in [1.82, 2.24) is 4.90 Å². The van der Waals surface area contributed by atoms with Crippen LogP contribution >= 0.6 is 0 Å². The third-order valence-electron chi connectivity index (χ3n) is 3.49. The van der Waals surface area contributed by atoms with E-state index in [4.69, 9.17) is 9.84 Å². The summed E-state index contributed by atoms with van der Waals surface area (Å²) in [6.07, 6.45) is 0.748. The third kappa shape index (κ3) is 3.50. The highest BCUT2D eigenvalue weighted by Gasteiger charge is 2.30. The topological polar surface area (TPSA) is 66.8 Å². The lowest BCUT2D eigenvalue weighted by molar-refractivity contribution is -0.147. The van der Waals surface area contributed by atoms with Crippen molar-refractivity contribution in [3.8, 4) is 5.75 Å². The van der Waals surface area contributed by atoms with E-state index in [1.807, 2.05) is 18.2 Å². The molecule has 2 atom stereocenters. The van der Waals surface area contributed by atoms with E-state index < -0.39 is 18.0 Å². The quantitative estimate of drug-likeness (QED) is 0.911. The lowest BCUT2D eigenvalue weighted by Gasteiger charge is -2.32. The summed E-state index contributed by atoms with van der Waals surface area (Å²) in [7, 11) is 0. The average molecular weight is 277 g/mol. The van der Waals surface area contributed by atoms with Crippen LogP contribution in [-0.4, -0.2) is 41.1 Å². The Kier molecular flexibility index (Phi) is 4.61. The number of hydrogen-bond donors (Lipinski definition) is 1. The molecule has 0 radical (unpaired) electrons. The van der Waals surface area contributed by atoms with Gasteiger partial charge in [0.25, 0.3) is 5.91 Å². The Morgan fingerprint density at radius 2 is 2.05 bits per heavy atom. The molecule has 1 aliphatic heterocycles. The summed E-state index contributed by atoms with van der Waals surface area (Å²) >= 11 is 0. The van der Waals surface area contributed by atoms with Crippen molar-refractivity contribution < 1.29 is 19.4 Å². The fourth-order valence-corrected chi connectivity index (χ4v) is 2.39. The van der Waals surface area contributed by atoms with Crippen LogP contribution in [0.3, 0.4) is 0 Å². The van der Waals surface area contributed by atoms with Gasteiger partial charge in [-0.05, 0) is 31.9 Å². The minimum atomic E-state index is -0.834. The van der Waals surface area contributed by atoms with Crippen LogP contribution in [0.5, 0.6) is 5.75 Å². The molecule has 1 saturated heterocycles. The zero-order chi connectivity index (χ0) is 14.5. The standard InChI is InChI=1S/C15H19NO4/c1-11(20-13-7-3-2-4-8-13)14(17)16-9-5-6-12(10-16)15(18)19/h2-4,7-8,11-12H,5-6,9-10H2,1H3,(H,18,19)/t11?,12-/m1/s1. The minimum absolute atomic E-state index is 0.153. The van der Waals surface area contributed by atoms with Gasteiger partial charge in [-0.1, -0.05) is 18.2 Å². The first kappa shape index (κ1) is 14.4. The molecule has 1 heterocycles. The normalized spacial score (nSPS) is 20.2. The van der Waals surface area contributed by atoms with E-state index in [9.17, 15) is 9.59 Å². The van der Waals surface area contributed by atoms with Crippen LogP contribution in [0.2, 0.25) is 0 Å². The Morgan fingerprint density at radius 3 is 2.70 bits per heavy atom. The largest absolute Gasteiger partial charge is 0.481 e. The summed E-state index contributed by atoms with van der Waals surface area (Å²) in [4.78, 5) is 24.9. The summed E-state index contributed by atoms with van der Waals surface area (Å²) in [6.45, 7) is 2.57. The molecule has 0 saturated carbocycles. The number of carboxylic acid groups (broad SMARTS) is 1. The Balaban J connectivity index is 1.94. The Bertz CT molecular complexity index is 474. The van der Waals surface area contributed by atoms with E-state index in [-0.39, 0.29) is 12.5 Å². The smallest absolute Gasteiger partial charge is 0.308 e. The van der Waals surface area contributed by atoms with Gasteiger partial charge in [0.05, 0.1) is 5.92 Å². The second kappa shape index (κ2) is 6.41. The van der Waals surface area contributed by atoms with Crippen molar-refractivity contribution in [1.29, 1.82) is 0 Å². The molecule has 1 aliphatic rings. The molecule has 0 bridgehead atoms. The number of amides is 1. The first-order valence-electron chi connectivity index (χ1n) is 6.81. The van der Waals surface area contributed by atoms with Crippen molar-refractivity contribution in [2.45, 2.75) is 25.9 Å². The maximum Gasteiger partial charge on any atom is 0.308 e. The monoisotopic (exact) mass is 277 g/mol. The molecule has 5 heteroatoms. The van der Waals surface area contributed by atoms with Gasteiger partial charge in [0.1, 0.15) is 5.75 Å². The van der Waals surface area contributed by atoms with Crippen molar-refractivity contribution in [2.75, 3.05) is 13.1 Å². The molecule has 0 aliphatic carbocycles. The number of ether oxygens (including phenoxy) is 1. The van der Waals surface area contributed by atoms with Gasteiger partial charge in [-0.3, -0.25) is 9.59 Å². The number of aliphatic carboxylic acids is 1. The summed E-state index contributed by atoms with van der Waals surface area (Å²) in [6, 6.07) is 9.14. The maximum absolute atomic E-state index is 12.3. The molecule has 0 aromatic heterocycles. The fourth-order valence-electron chi connectivity index (χ4n) is 2.39. The minimum Gasteiger partial charge on any atom is -0.481 e. The number of carbonyl (C=O) groups excluding carboxylic acids is 1. The summed E-state index contributed by atoms with van der Waals surface area (Å²) in [5.41, 5.74) is 0. The molecular weight excluding hydrogens is 258 g/mol. The lowest BCUT2D eigenvalue weighted by atomic mass is 9.98. The number of hydrogen-bond acceptors (Lipinski definition) is 3. The summed E-state index contributed by atoms with van der Waals surface area (Å²) in [5.74, 6) is -0.810. The highest BCUT2D eigenvalue weighted by molar-refractivity contribution is 5.82. The fraction of sp³-hybridized carbons (Fsp3) is 0.467. The molecule has 0 spiro atoms. The van der Waals surface area contributed by atoms with Gasteiger partial charge in [0.2, 0.25) is 0 Å². The van der Waals surface area contributed by atoms with E-state index in [0.29, 0.717) is 18.7 Å². The van der Waals surface area contributed by atoms with Crippen LogP contribution in [0.1, 0.15) is 19.8 Å². The average Bonchev–Trinajstić information content (AvgIpc) is 2.47. The molecular formula is C15H19NO4. The molecule has 1 aromatic rings. The van der Waals surface area contributed by atoms with Crippen molar-refractivity contribution >= 4 is 11.9 Å². The van der Waals surface area contributed by atoms with Gasteiger partial charge >= 0.3 is 5.97 Å². The van der Waals surface area contributed by atoms with Gasteiger partial charge in [0.15, 0.2) is 6.10 Å². The van der Waals surface area contributed by atoms with E-state index in [2.05, 4.69) is 0 Å². The number of para-hydroxylation sites is 1. The van der Waals surface area contributed by atoms with Crippen LogP contribution in [0.25, 0.3) is 0 Å². The Morgan fingerprint density at radius 1 is 1.35 bits per heavy atom. The molecule has 1 fully saturated rings. The first-order chi connectivity index (χ1) is 9.58. The van der Waals surface area contributed by atoms with Gasteiger partial charge in [-0.2, -0.15) is 0 Å². The highest BCUT2D eigenvalue weighted by Crippen LogP contribution is 2.19. The first-order valence-corrected chi connectivity index (χ1v) is 6.81. The SMILES string of the molecule is CC(Oc1ccccc1)C(=O)N1CCC[C@@H](C(=O)O)C1. The number of carbonyl (C=O) groups is 2. The zero-order valence-electron chi connectivity index (χ0n) is 11.5. The number of likely N-dealkylation sites (tertiary alicyclic amines) is 1. The van der Waals surface area contributed by atoms with Crippen LogP contribution in [0.4, 0.5) is 0 Å². The number of rotatable bonds is 4. The Hall–Kier alpha value is -2.04. The van der Waals surface area contributed by atoms with Gasteiger partial charge in [0, 0.05) is 13.1 Å². The second-order valence-electron chi connectivity index (χ2n) is 5.03. The van der Waals surface area contributed by atoms with Crippen molar-refractivity contribution in [2.24, 2.45) is 5.92 Å². The highest BCUT2D eigenvalue weighted by atomic mass is 16.5. The predicted molar refractivity (Wildman–Crippen MR) is 73.5 cm³/mol. The summed E-state index contributed by atoms with van der Waals surface area (Å²) in [5, 5.41) is 9.04.